The summed E-state index contributed by atoms with van der Waals surface area (Å²) < 4.78 is 5.93. The molecule has 0 saturated carbocycles. The number of hydrogen-bond donors (Lipinski definition) is 0. The number of halogens is 1. The maximum absolute atomic E-state index is 5.88. The van der Waals surface area contributed by atoms with E-state index in [-0.39, 0.29) is 0 Å². The molecule has 0 unspecified atom stereocenters. The molecule has 0 bridgehead atoms. The van der Waals surface area contributed by atoms with Crippen LogP contribution in [0, 0.1) is 6.92 Å². The second-order valence-corrected chi connectivity index (χ2v) is 5.47. The Bertz CT molecular complexity index is 505. The van der Waals surface area contributed by atoms with Crippen molar-refractivity contribution in [3.63, 3.8) is 0 Å². The summed E-state index contributed by atoms with van der Waals surface area (Å²) in [6.07, 6.45) is 1.39. The number of methoxy groups -OCH3 is 1. The van der Waals surface area contributed by atoms with E-state index < -0.39 is 0 Å². The van der Waals surface area contributed by atoms with Crippen molar-refractivity contribution in [2.24, 2.45) is 0 Å². The maximum Gasteiger partial charge on any atom is 0.189 e. The van der Waals surface area contributed by atoms with Crippen molar-refractivity contribution < 1.29 is 4.74 Å². The molecule has 16 heavy (non-hydrogen) atoms. The fourth-order valence-electron chi connectivity index (χ4n) is 0.984. The third kappa shape index (κ3) is 2.42. The van der Waals surface area contributed by atoms with E-state index in [0.29, 0.717) is 15.9 Å². The summed E-state index contributed by atoms with van der Waals surface area (Å²) >= 11 is 8.73. The van der Waals surface area contributed by atoms with E-state index in [1.807, 2.05) is 6.92 Å². The molecule has 2 heterocycles. The van der Waals surface area contributed by atoms with Crippen LogP contribution in [-0.2, 0) is 0 Å². The molecular formula is C8H7ClN4OS2. The molecule has 0 aliphatic heterocycles. The Balaban J connectivity index is 2.30. The molecule has 0 amide bonds. The van der Waals surface area contributed by atoms with Gasteiger partial charge in [-0.25, -0.2) is 9.97 Å². The first-order valence-electron chi connectivity index (χ1n) is 4.23. The number of ether oxygens (including phenoxy) is 1. The Labute approximate surface area is 105 Å². The Kier molecular flexibility index (Phi) is 3.57. The van der Waals surface area contributed by atoms with Crippen molar-refractivity contribution in [1.82, 2.24) is 20.2 Å². The molecule has 0 saturated heterocycles. The van der Waals surface area contributed by atoms with Gasteiger partial charge in [0, 0.05) is 0 Å². The molecule has 0 radical (unpaired) electrons. The third-order valence-electron chi connectivity index (χ3n) is 1.62. The van der Waals surface area contributed by atoms with Gasteiger partial charge in [-0.15, -0.1) is 10.2 Å². The van der Waals surface area contributed by atoms with E-state index in [1.54, 1.807) is 0 Å². The van der Waals surface area contributed by atoms with Crippen LogP contribution in [0.25, 0.3) is 0 Å². The summed E-state index contributed by atoms with van der Waals surface area (Å²) in [4.78, 5) is 7.94. The molecule has 0 N–H and O–H groups in total. The summed E-state index contributed by atoms with van der Waals surface area (Å²) in [6, 6.07) is 0. The molecule has 2 aromatic rings. The van der Waals surface area contributed by atoms with Gasteiger partial charge in [0.2, 0.25) is 0 Å². The lowest BCUT2D eigenvalue weighted by Gasteiger charge is -2.05. The molecule has 0 atom stereocenters. The molecule has 0 fully saturated rings. The van der Waals surface area contributed by atoms with Gasteiger partial charge >= 0.3 is 0 Å². The standard InChI is InChI=1S/C8H7ClN4OS2/c1-4-12-13-8(15-4)16-7-5(14-2)6(9)10-3-11-7/h3H,1-2H3. The second-order valence-electron chi connectivity index (χ2n) is 2.69. The van der Waals surface area contributed by atoms with Gasteiger partial charge in [-0.05, 0) is 18.7 Å². The number of aryl methyl sites for hydroxylation is 1. The minimum absolute atomic E-state index is 0.293. The Morgan fingerprint density at radius 1 is 1.38 bits per heavy atom. The van der Waals surface area contributed by atoms with Gasteiger partial charge in [0.15, 0.2) is 20.3 Å². The van der Waals surface area contributed by atoms with E-state index in [1.165, 1.54) is 36.5 Å². The molecular weight excluding hydrogens is 268 g/mol. The van der Waals surface area contributed by atoms with E-state index >= 15 is 0 Å². The molecule has 0 aliphatic rings. The Morgan fingerprint density at radius 3 is 2.81 bits per heavy atom. The quantitative estimate of drug-likeness (QED) is 0.801. The lowest BCUT2D eigenvalue weighted by Crippen LogP contribution is -1.92. The maximum atomic E-state index is 5.88. The van der Waals surface area contributed by atoms with Crippen molar-refractivity contribution in [3.05, 3.63) is 16.5 Å². The van der Waals surface area contributed by atoms with E-state index in [2.05, 4.69) is 20.2 Å². The zero-order valence-electron chi connectivity index (χ0n) is 8.47. The second kappa shape index (κ2) is 4.94. The average molecular weight is 275 g/mol. The Hall–Kier alpha value is -0.920. The highest BCUT2D eigenvalue weighted by molar-refractivity contribution is 8.01. The van der Waals surface area contributed by atoms with Gasteiger partial charge in [0.25, 0.3) is 0 Å². The van der Waals surface area contributed by atoms with Gasteiger partial charge < -0.3 is 4.74 Å². The van der Waals surface area contributed by atoms with Crippen molar-refractivity contribution in [3.8, 4) is 5.75 Å². The lowest BCUT2D eigenvalue weighted by atomic mass is 10.6. The van der Waals surface area contributed by atoms with Crippen LogP contribution in [0.2, 0.25) is 5.15 Å². The summed E-state index contributed by atoms with van der Waals surface area (Å²) in [5, 5.41) is 9.74. The van der Waals surface area contributed by atoms with Crippen LogP contribution in [-0.4, -0.2) is 27.3 Å². The number of aromatic nitrogens is 4. The SMILES string of the molecule is COc1c(Cl)ncnc1Sc1nnc(C)s1. The first-order chi connectivity index (χ1) is 7.70. The minimum Gasteiger partial charge on any atom is -0.491 e. The number of hydrogen-bond acceptors (Lipinski definition) is 7. The van der Waals surface area contributed by atoms with Crippen molar-refractivity contribution in [2.45, 2.75) is 16.3 Å². The van der Waals surface area contributed by atoms with Crippen LogP contribution in [0.5, 0.6) is 5.75 Å². The van der Waals surface area contributed by atoms with Crippen LogP contribution < -0.4 is 4.74 Å². The number of rotatable bonds is 3. The highest BCUT2D eigenvalue weighted by atomic mass is 35.5. The predicted octanol–water partition coefficient (Wildman–Crippen LogP) is 2.45. The summed E-state index contributed by atoms with van der Waals surface area (Å²) in [5.74, 6) is 0.460. The smallest absolute Gasteiger partial charge is 0.189 e. The van der Waals surface area contributed by atoms with Gasteiger partial charge in [-0.2, -0.15) is 0 Å². The molecule has 0 aliphatic carbocycles. The molecule has 0 aromatic carbocycles. The predicted molar refractivity (Wildman–Crippen MR) is 62.4 cm³/mol. The Morgan fingerprint density at radius 2 is 2.19 bits per heavy atom. The molecule has 8 heteroatoms. The van der Waals surface area contributed by atoms with Crippen molar-refractivity contribution >= 4 is 34.7 Å². The monoisotopic (exact) mass is 274 g/mol. The highest BCUT2D eigenvalue weighted by Gasteiger charge is 2.13. The molecule has 2 aromatic heterocycles. The molecule has 84 valence electrons. The van der Waals surface area contributed by atoms with Crippen LogP contribution in [0.1, 0.15) is 5.01 Å². The van der Waals surface area contributed by atoms with E-state index in [9.17, 15) is 0 Å². The van der Waals surface area contributed by atoms with Gasteiger partial charge in [-0.3, -0.25) is 0 Å². The van der Waals surface area contributed by atoms with Crippen LogP contribution in [0.4, 0.5) is 0 Å². The van der Waals surface area contributed by atoms with E-state index in [0.717, 1.165) is 9.35 Å². The first-order valence-corrected chi connectivity index (χ1v) is 6.24. The minimum atomic E-state index is 0.293. The number of nitrogens with zero attached hydrogens (tertiary/aromatic N) is 4. The molecule has 5 nitrogen and oxygen atoms in total. The van der Waals surface area contributed by atoms with Crippen LogP contribution in [0.3, 0.4) is 0 Å². The fourth-order valence-corrected chi connectivity index (χ4v) is 3.05. The van der Waals surface area contributed by atoms with Crippen molar-refractivity contribution in [1.29, 1.82) is 0 Å². The summed E-state index contributed by atoms with van der Waals surface area (Å²) in [7, 11) is 1.53. The third-order valence-corrected chi connectivity index (χ3v) is 3.77. The van der Waals surface area contributed by atoms with Crippen molar-refractivity contribution in [2.75, 3.05) is 7.11 Å². The lowest BCUT2D eigenvalue weighted by molar-refractivity contribution is 0.398. The highest BCUT2D eigenvalue weighted by Crippen LogP contribution is 2.37. The molecule has 2 rings (SSSR count). The van der Waals surface area contributed by atoms with Crippen LogP contribution >= 0.6 is 34.7 Å². The summed E-state index contributed by atoms with van der Waals surface area (Å²) in [6.45, 7) is 1.89. The van der Waals surface area contributed by atoms with Gasteiger partial charge in [0.1, 0.15) is 11.3 Å². The average Bonchev–Trinajstić information content (AvgIpc) is 2.64. The van der Waals surface area contributed by atoms with Crippen LogP contribution in [0.15, 0.2) is 15.7 Å². The zero-order valence-corrected chi connectivity index (χ0v) is 10.9. The summed E-state index contributed by atoms with van der Waals surface area (Å²) in [5.41, 5.74) is 0. The normalized spacial score (nSPS) is 10.4. The molecule has 0 spiro atoms. The zero-order chi connectivity index (χ0) is 11.5. The van der Waals surface area contributed by atoms with Gasteiger partial charge in [0.05, 0.1) is 7.11 Å². The fraction of sp³-hybridized carbons (Fsp3) is 0.250. The van der Waals surface area contributed by atoms with Gasteiger partial charge in [-0.1, -0.05) is 22.9 Å². The van der Waals surface area contributed by atoms with E-state index in [4.69, 9.17) is 16.3 Å². The topological polar surface area (TPSA) is 60.8 Å². The largest absolute Gasteiger partial charge is 0.491 e. The first kappa shape index (κ1) is 11.6.